The molecule has 0 rings (SSSR count). The summed E-state index contributed by atoms with van der Waals surface area (Å²) in [7, 11) is 0. The molecule has 0 aliphatic rings. The number of aliphatic carboxylic acids is 1. The summed E-state index contributed by atoms with van der Waals surface area (Å²) in [5.41, 5.74) is 10.3. The minimum absolute atomic E-state index is 0. The van der Waals surface area contributed by atoms with E-state index in [1.54, 1.807) is 0 Å². The first-order chi connectivity index (χ1) is 4.68. The number of hydrogen-bond acceptors (Lipinski definition) is 3. The third-order valence-corrected chi connectivity index (χ3v) is 1.17. The van der Waals surface area contributed by atoms with Gasteiger partial charge >= 0.3 is 0 Å². The Balaban J connectivity index is 0. The molecule has 0 bridgehead atoms. The summed E-state index contributed by atoms with van der Waals surface area (Å²) < 4.78 is 0. The maximum Gasteiger partial charge on any atom is 0.179 e. The molecular weight excluding hydrogens is 318 g/mol. The van der Waals surface area contributed by atoms with Crippen LogP contribution in [-0.4, -0.2) is 17.6 Å². The van der Waals surface area contributed by atoms with Crippen LogP contribution in [0.25, 0.3) is 0 Å². The van der Waals surface area contributed by atoms with Gasteiger partial charge < -0.3 is 16.6 Å². The molecule has 0 saturated carbocycles. The summed E-state index contributed by atoms with van der Waals surface area (Å²) in [6, 6.07) is 0.0217. The van der Waals surface area contributed by atoms with Crippen molar-refractivity contribution >= 4 is 5.97 Å². The smallest absolute Gasteiger partial charge is 0.179 e. The van der Waals surface area contributed by atoms with Crippen LogP contribution in [0.4, 0.5) is 0 Å². The quantitative estimate of drug-likeness (QED) is 0.476. The molecule has 67 valence electrons. The average molecular weight is 331 g/mol. The normalized spacial score (nSPS) is 8.55. The van der Waals surface area contributed by atoms with Gasteiger partial charge in [0, 0.05) is 20.4 Å². The van der Waals surface area contributed by atoms with E-state index < -0.39 is 5.97 Å². The topological polar surface area (TPSA) is 89.3 Å². The van der Waals surface area contributed by atoms with Crippen molar-refractivity contribution in [1.29, 1.82) is 0 Å². The van der Waals surface area contributed by atoms with Crippen LogP contribution in [0.3, 0.4) is 0 Å². The summed E-state index contributed by atoms with van der Waals surface area (Å²) >= 11 is 0. The van der Waals surface area contributed by atoms with Gasteiger partial charge in [-0.25, -0.2) is 6.04 Å². The van der Waals surface area contributed by atoms with Crippen molar-refractivity contribution in [3.8, 4) is 0 Å². The number of hydrogen-bond donors (Lipinski definition) is 3. The first-order valence-electron chi connectivity index (χ1n) is 3.23. The third kappa shape index (κ3) is 7.82. The van der Waals surface area contributed by atoms with Crippen LogP contribution in [0.15, 0.2) is 0 Å². The maximum atomic E-state index is 10.1. The van der Waals surface area contributed by atoms with Crippen molar-refractivity contribution in [2.45, 2.75) is 19.3 Å². The van der Waals surface area contributed by atoms with Crippen molar-refractivity contribution in [3.05, 3.63) is 6.04 Å². The Morgan fingerprint density at radius 2 is 2.00 bits per heavy atom. The number of rotatable bonds is 5. The number of carboxylic acid groups (broad SMARTS) is 1. The number of carbonyl (C=O) groups is 1. The van der Waals surface area contributed by atoms with Gasteiger partial charge in [0.15, 0.2) is 5.97 Å². The second kappa shape index (κ2) is 8.02. The molecule has 0 spiro atoms. The van der Waals surface area contributed by atoms with Crippen LogP contribution in [-0.2, 0) is 25.2 Å². The molecule has 0 unspecified atom stereocenters. The van der Waals surface area contributed by atoms with Gasteiger partial charge in [-0.3, -0.25) is 4.79 Å². The molecule has 0 aliphatic heterocycles. The maximum absolute atomic E-state index is 10.1. The van der Waals surface area contributed by atoms with Crippen molar-refractivity contribution in [2.75, 3.05) is 6.54 Å². The fourth-order valence-corrected chi connectivity index (χ4v) is 0.567. The molecule has 5 N–H and O–H groups in total. The zero-order valence-corrected chi connectivity index (χ0v) is 8.93. The van der Waals surface area contributed by atoms with Crippen LogP contribution < -0.4 is 11.5 Å². The van der Waals surface area contributed by atoms with E-state index in [0.717, 1.165) is 12.8 Å². The largest absolute Gasteiger partial charge is 0.502 e. The number of carboxylic acids is 1. The van der Waals surface area contributed by atoms with Gasteiger partial charge in [0.1, 0.15) is 0 Å². The summed E-state index contributed by atoms with van der Waals surface area (Å²) in [6.45, 7) is 0.590. The Labute approximate surface area is 80.0 Å². The molecule has 1 radical (unpaired) electrons. The van der Waals surface area contributed by atoms with E-state index in [1.807, 2.05) is 0 Å². The Morgan fingerprint density at radius 3 is 2.36 bits per heavy atom. The zero-order valence-electron chi connectivity index (χ0n) is 6.22. The van der Waals surface area contributed by atoms with Crippen molar-refractivity contribution in [3.63, 3.8) is 0 Å². The fraction of sp³-hybridized carbons (Fsp3) is 0.667. The van der Waals surface area contributed by atoms with E-state index >= 15 is 0 Å². The molecule has 0 aromatic heterocycles. The summed E-state index contributed by atoms with van der Waals surface area (Å²) in [6.07, 6.45) is 2.02. The van der Waals surface area contributed by atoms with Crippen LogP contribution in [0.1, 0.15) is 19.3 Å². The minimum Gasteiger partial charge on any atom is -0.502 e. The second-order valence-corrected chi connectivity index (χ2v) is 2.08. The Morgan fingerprint density at radius 1 is 1.45 bits per heavy atom. The van der Waals surface area contributed by atoms with Gasteiger partial charge in [0.05, 0.1) is 0 Å². The van der Waals surface area contributed by atoms with Crippen molar-refractivity contribution in [1.82, 2.24) is 0 Å². The summed E-state index contributed by atoms with van der Waals surface area (Å²) in [5, 5.41) is 8.29. The predicted octanol–water partition coefficient (Wildman–Crippen LogP) is -0.312. The molecule has 0 fully saturated rings. The summed E-state index contributed by atoms with van der Waals surface area (Å²) in [4.78, 5) is 10.1. The van der Waals surface area contributed by atoms with Gasteiger partial charge in [-0.2, -0.15) is 0 Å². The molecule has 0 amide bonds. The molecule has 0 atom stereocenters. The van der Waals surface area contributed by atoms with E-state index in [2.05, 4.69) is 0 Å². The SMILES string of the molecule is NCCCC[C-](N)C(=O)O.[Re]. The molecule has 0 heterocycles. The number of unbranched alkanes of at least 4 members (excludes halogenated alkanes) is 1. The standard InChI is InChI=1S/C6H13N2O2.Re/c7-4-2-1-3-5(8)6(9)10;/h1-4,7-8H2,(H,9,10);/q-1;. The summed E-state index contributed by atoms with van der Waals surface area (Å²) in [5.74, 6) is -1.02. The van der Waals surface area contributed by atoms with E-state index in [0.29, 0.717) is 13.0 Å². The van der Waals surface area contributed by atoms with Gasteiger partial charge in [-0.05, 0) is 13.0 Å². The van der Waals surface area contributed by atoms with Gasteiger partial charge in [-0.1, -0.05) is 6.42 Å². The molecule has 4 nitrogen and oxygen atoms in total. The van der Waals surface area contributed by atoms with Crippen LogP contribution in [0.5, 0.6) is 0 Å². The van der Waals surface area contributed by atoms with E-state index in [1.165, 1.54) is 0 Å². The van der Waals surface area contributed by atoms with Crippen molar-refractivity contribution in [2.24, 2.45) is 11.5 Å². The van der Waals surface area contributed by atoms with Crippen LogP contribution >= 0.6 is 0 Å². The molecule has 11 heavy (non-hydrogen) atoms. The third-order valence-electron chi connectivity index (χ3n) is 1.17. The molecule has 0 aromatic carbocycles. The Kier molecular flexibility index (Phi) is 9.85. The monoisotopic (exact) mass is 332 g/mol. The Hall–Kier alpha value is -0.0777. The van der Waals surface area contributed by atoms with Gasteiger partial charge in [0.2, 0.25) is 0 Å². The van der Waals surface area contributed by atoms with Crippen LogP contribution in [0, 0.1) is 6.04 Å². The molecular formula is C6H13N2O2Re-. The first kappa shape index (κ1) is 13.5. The van der Waals surface area contributed by atoms with Crippen LogP contribution in [0.2, 0.25) is 0 Å². The predicted molar refractivity (Wildman–Crippen MR) is 38.0 cm³/mol. The molecule has 0 aliphatic carbocycles. The Bertz CT molecular complexity index is 111. The minimum atomic E-state index is -1.02. The zero-order chi connectivity index (χ0) is 7.98. The van der Waals surface area contributed by atoms with Gasteiger partial charge in [-0.15, -0.1) is 6.42 Å². The van der Waals surface area contributed by atoms with E-state index in [9.17, 15) is 4.79 Å². The van der Waals surface area contributed by atoms with Gasteiger partial charge in [0.25, 0.3) is 0 Å². The average Bonchev–Trinajstić information content (AvgIpc) is 1.88. The van der Waals surface area contributed by atoms with Crippen molar-refractivity contribution < 1.29 is 30.3 Å². The number of nitrogens with two attached hydrogens (primary N) is 2. The van der Waals surface area contributed by atoms with E-state index in [4.69, 9.17) is 16.6 Å². The second-order valence-electron chi connectivity index (χ2n) is 2.08. The molecule has 0 aromatic rings. The fourth-order valence-electron chi connectivity index (χ4n) is 0.567. The van der Waals surface area contributed by atoms with E-state index in [-0.39, 0.29) is 26.5 Å². The first-order valence-corrected chi connectivity index (χ1v) is 3.23. The molecule has 0 saturated heterocycles. The molecule has 5 heteroatoms.